The molecule has 1 aliphatic heterocycles. The fraction of sp³-hybridized carbons (Fsp3) is 0.235. The molecule has 11 heteroatoms. The Hall–Kier alpha value is -2.46. The Kier molecular flexibility index (Phi) is 5.71. The lowest BCUT2D eigenvalue weighted by atomic mass is 10.1. The van der Waals surface area contributed by atoms with Crippen LogP contribution in [-0.4, -0.2) is 28.5 Å². The zero-order chi connectivity index (χ0) is 20.5. The molecule has 1 unspecified atom stereocenters. The summed E-state index contributed by atoms with van der Waals surface area (Å²) in [6, 6.07) is 5.38. The molecule has 0 spiro atoms. The second kappa shape index (κ2) is 7.88. The second-order valence-electron chi connectivity index (χ2n) is 5.67. The zero-order valence-electron chi connectivity index (χ0n) is 14.2. The number of nitrogens with zero attached hydrogens (tertiary/aromatic N) is 1. The van der Waals surface area contributed by atoms with E-state index in [2.05, 4.69) is 10.3 Å². The molecule has 1 aromatic carbocycles. The van der Waals surface area contributed by atoms with Crippen LogP contribution >= 0.6 is 23.4 Å². The van der Waals surface area contributed by atoms with Crippen molar-refractivity contribution in [3.05, 3.63) is 46.6 Å². The Balaban J connectivity index is 1.79. The number of nitrogens with one attached hydrogen (secondary N) is 1. The number of carbonyl (C=O) groups excluding carboxylic acids is 2. The Bertz CT molecular complexity index is 939. The number of hydrogen-bond acceptors (Lipinski definition) is 6. The summed E-state index contributed by atoms with van der Waals surface area (Å²) >= 11 is 6.73. The number of hydrogen-bond donors (Lipinski definition) is 1. The summed E-state index contributed by atoms with van der Waals surface area (Å²) in [5, 5.41) is 0.935. The van der Waals surface area contributed by atoms with E-state index >= 15 is 0 Å². The van der Waals surface area contributed by atoms with E-state index in [4.69, 9.17) is 21.1 Å². The summed E-state index contributed by atoms with van der Waals surface area (Å²) in [6.07, 6.45) is -3.68. The van der Waals surface area contributed by atoms with Gasteiger partial charge in [-0.05, 0) is 24.1 Å². The number of amides is 2. The Morgan fingerprint density at radius 2 is 2.04 bits per heavy atom. The van der Waals surface area contributed by atoms with Crippen molar-refractivity contribution in [1.82, 2.24) is 10.3 Å². The van der Waals surface area contributed by atoms with Gasteiger partial charge in [0.2, 0.25) is 11.8 Å². The third-order valence-electron chi connectivity index (χ3n) is 3.78. The fourth-order valence-electron chi connectivity index (χ4n) is 2.45. The number of imide groups is 1. The van der Waals surface area contributed by atoms with Crippen LogP contribution in [0.15, 0.2) is 30.5 Å². The fourth-order valence-corrected chi connectivity index (χ4v) is 3.50. The molecule has 0 bridgehead atoms. The van der Waals surface area contributed by atoms with Gasteiger partial charge >= 0.3 is 6.18 Å². The van der Waals surface area contributed by atoms with Crippen LogP contribution in [0.4, 0.5) is 18.0 Å². The van der Waals surface area contributed by atoms with Crippen LogP contribution in [0.2, 0.25) is 5.02 Å². The Labute approximate surface area is 166 Å². The van der Waals surface area contributed by atoms with Gasteiger partial charge in [-0.3, -0.25) is 14.9 Å². The van der Waals surface area contributed by atoms with Gasteiger partial charge in [-0.2, -0.15) is 13.2 Å². The number of rotatable bonds is 5. The van der Waals surface area contributed by atoms with E-state index in [9.17, 15) is 22.8 Å². The van der Waals surface area contributed by atoms with Gasteiger partial charge in [-0.1, -0.05) is 29.4 Å². The van der Waals surface area contributed by atoms with E-state index in [1.54, 1.807) is 6.07 Å². The first kappa shape index (κ1) is 20.3. The number of benzene rings is 1. The molecular formula is C17H12ClF3N2O4S. The normalized spacial score (nSPS) is 16.8. The van der Waals surface area contributed by atoms with E-state index < -0.39 is 22.2 Å². The standard InChI is InChI=1S/C17H12ClF3N2O4S/c1-26-12-6-10(3-2-8(12)4-13-14(24)23-16(25)28-13)27-15-11(18)5-9(7-22-15)17(19,20)21/h2-3,5-7,13H,4H2,1H3,(H,23,24,25). The lowest BCUT2D eigenvalue weighted by Gasteiger charge is -2.14. The number of pyridine rings is 1. The molecule has 1 N–H and O–H groups in total. The van der Waals surface area contributed by atoms with E-state index in [1.807, 2.05) is 0 Å². The van der Waals surface area contributed by atoms with Crippen LogP contribution in [-0.2, 0) is 17.4 Å². The molecule has 2 aromatic rings. The van der Waals surface area contributed by atoms with Gasteiger partial charge in [0.15, 0.2) is 0 Å². The lowest BCUT2D eigenvalue weighted by molar-refractivity contribution is -0.137. The molecule has 1 fully saturated rings. The number of halogens is 4. The molecule has 0 saturated carbocycles. The van der Waals surface area contributed by atoms with Gasteiger partial charge in [0.1, 0.15) is 16.5 Å². The molecule has 2 amide bonds. The summed E-state index contributed by atoms with van der Waals surface area (Å²) in [5.41, 5.74) is -0.330. The molecule has 1 aliphatic rings. The molecule has 28 heavy (non-hydrogen) atoms. The highest BCUT2D eigenvalue weighted by Gasteiger charge is 2.33. The minimum absolute atomic E-state index is 0.194. The van der Waals surface area contributed by atoms with Crippen LogP contribution in [0, 0.1) is 0 Å². The molecule has 148 valence electrons. The minimum Gasteiger partial charge on any atom is -0.496 e. The predicted octanol–water partition coefficient (Wildman–Crippen LogP) is 4.45. The van der Waals surface area contributed by atoms with Crippen LogP contribution in [0.1, 0.15) is 11.1 Å². The van der Waals surface area contributed by atoms with Gasteiger partial charge < -0.3 is 9.47 Å². The third-order valence-corrected chi connectivity index (χ3v) is 5.03. The predicted molar refractivity (Wildman–Crippen MR) is 95.9 cm³/mol. The lowest BCUT2D eigenvalue weighted by Crippen LogP contribution is -2.25. The van der Waals surface area contributed by atoms with Crippen LogP contribution < -0.4 is 14.8 Å². The molecular weight excluding hydrogens is 421 g/mol. The van der Waals surface area contributed by atoms with Gasteiger partial charge in [-0.15, -0.1) is 0 Å². The number of methoxy groups -OCH3 is 1. The SMILES string of the molecule is COc1cc(Oc2ncc(C(F)(F)F)cc2Cl)ccc1CC1SC(=O)NC1=O. The van der Waals surface area contributed by atoms with Crippen molar-refractivity contribution < 1.29 is 32.2 Å². The maximum atomic E-state index is 12.7. The Morgan fingerprint density at radius 3 is 2.61 bits per heavy atom. The maximum absolute atomic E-state index is 12.7. The van der Waals surface area contributed by atoms with Crippen LogP contribution in [0.25, 0.3) is 0 Å². The van der Waals surface area contributed by atoms with Gasteiger partial charge in [0.05, 0.1) is 17.9 Å². The van der Waals surface area contributed by atoms with E-state index in [-0.39, 0.29) is 29.0 Å². The molecule has 1 aromatic heterocycles. The molecule has 3 rings (SSSR count). The summed E-state index contributed by atoms with van der Waals surface area (Å²) in [7, 11) is 1.42. The van der Waals surface area contributed by atoms with E-state index in [0.29, 0.717) is 17.5 Å². The van der Waals surface area contributed by atoms with Gasteiger partial charge in [0, 0.05) is 12.3 Å². The smallest absolute Gasteiger partial charge is 0.417 e. The number of thioether (sulfide) groups is 1. The van der Waals surface area contributed by atoms with E-state index in [1.165, 1.54) is 19.2 Å². The van der Waals surface area contributed by atoms with E-state index in [0.717, 1.165) is 17.8 Å². The van der Waals surface area contributed by atoms with Crippen molar-refractivity contribution in [1.29, 1.82) is 0 Å². The molecule has 1 atom stereocenters. The maximum Gasteiger partial charge on any atom is 0.417 e. The van der Waals surface area contributed by atoms with Crippen molar-refractivity contribution in [2.45, 2.75) is 17.8 Å². The van der Waals surface area contributed by atoms with Crippen molar-refractivity contribution in [3.8, 4) is 17.4 Å². The number of ether oxygens (including phenoxy) is 2. The summed E-state index contributed by atoms with van der Waals surface area (Å²) in [5.74, 6) is 0.0431. The van der Waals surface area contributed by atoms with Crippen molar-refractivity contribution in [3.63, 3.8) is 0 Å². The number of alkyl halides is 3. The summed E-state index contributed by atoms with van der Waals surface area (Å²) in [6.45, 7) is 0. The first-order chi connectivity index (χ1) is 13.2. The average molecular weight is 433 g/mol. The Morgan fingerprint density at radius 1 is 1.29 bits per heavy atom. The highest BCUT2D eigenvalue weighted by Crippen LogP contribution is 2.36. The van der Waals surface area contributed by atoms with Crippen LogP contribution in [0.5, 0.6) is 17.4 Å². The van der Waals surface area contributed by atoms with Crippen LogP contribution in [0.3, 0.4) is 0 Å². The zero-order valence-corrected chi connectivity index (χ0v) is 15.7. The monoisotopic (exact) mass is 432 g/mol. The minimum atomic E-state index is -4.56. The first-order valence-corrected chi connectivity index (χ1v) is 9.02. The highest BCUT2D eigenvalue weighted by molar-refractivity contribution is 8.15. The molecule has 6 nitrogen and oxygen atoms in total. The van der Waals surface area contributed by atoms with Crippen molar-refractivity contribution >= 4 is 34.5 Å². The summed E-state index contributed by atoms with van der Waals surface area (Å²) in [4.78, 5) is 26.6. The van der Waals surface area contributed by atoms with Gasteiger partial charge in [-0.25, -0.2) is 4.98 Å². The first-order valence-electron chi connectivity index (χ1n) is 7.76. The topological polar surface area (TPSA) is 77.5 Å². The second-order valence-corrected chi connectivity index (χ2v) is 7.25. The summed E-state index contributed by atoms with van der Waals surface area (Å²) < 4.78 is 48.8. The largest absolute Gasteiger partial charge is 0.496 e. The van der Waals surface area contributed by atoms with Crippen molar-refractivity contribution in [2.24, 2.45) is 0 Å². The van der Waals surface area contributed by atoms with Gasteiger partial charge in [0.25, 0.3) is 5.24 Å². The average Bonchev–Trinajstić information content (AvgIpc) is 2.94. The molecule has 0 radical (unpaired) electrons. The van der Waals surface area contributed by atoms with Crippen molar-refractivity contribution in [2.75, 3.05) is 7.11 Å². The number of aromatic nitrogens is 1. The highest BCUT2D eigenvalue weighted by atomic mass is 35.5. The quantitative estimate of drug-likeness (QED) is 0.752. The molecule has 1 saturated heterocycles. The molecule has 0 aliphatic carbocycles. The number of carbonyl (C=O) groups is 2. The molecule has 2 heterocycles. The third kappa shape index (κ3) is 4.50.